The second-order valence-corrected chi connectivity index (χ2v) is 6.38. The van der Waals surface area contributed by atoms with Gasteiger partial charge in [0, 0.05) is 23.3 Å². The van der Waals surface area contributed by atoms with Crippen molar-refractivity contribution < 1.29 is 4.79 Å². The fourth-order valence-electron chi connectivity index (χ4n) is 2.53. The van der Waals surface area contributed by atoms with Crippen LogP contribution in [0.3, 0.4) is 0 Å². The number of amides is 2. The van der Waals surface area contributed by atoms with E-state index >= 15 is 0 Å². The monoisotopic (exact) mass is 313 g/mol. The van der Waals surface area contributed by atoms with Gasteiger partial charge in [-0.05, 0) is 54.5 Å². The highest BCUT2D eigenvalue weighted by atomic mass is 32.2. The van der Waals surface area contributed by atoms with Crippen molar-refractivity contribution in [2.45, 2.75) is 24.7 Å². The van der Waals surface area contributed by atoms with Crippen LogP contribution in [-0.4, -0.2) is 23.3 Å². The number of fused-ring (bicyclic) bond motifs is 1. The lowest BCUT2D eigenvalue weighted by Gasteiger charge is -2.18. The Labute approximate surface area is 134 Å². The molecule has 1 aliphatic heterocycles. The predicted octanol–water partition coefficient (Wildman–Crippen LogP) is 4.18. The van der Waals surface area contributed by atoms with Gasteiger partial charge in [0.05, 0.1) is 11.9 Å². The van der Waals surface area contributed by atoms with Gasteiger partial charge in [0.1, 0.15) is 0 Å². The third kappa shape index (κ3) is 3.25. The quantitative estimate of drug-likeness (QED) is 0.861. The molecule has 0 bridgehead atoms. The van der Waals surface area contributed by atoms with Crippen LogP contribution < -0.4 is 10.2 Å². The SMILES string of the molecule is CCCSc1ccc2c(c1)CCN2C(=O)Nc1cccnc1. The van der Waals surface area contributed by atoms with Crippen LogP contribution >= 0.6 is 11.8 Å². The molecule has 0 saturated heterocycles. The Morgan fingerprint density at radius 1 is 1.41 bits per heavy atom. The largest absolute Gasteiger partial charge is 0.326 e. The van der Waals surface area contributed by atoms with Gasteiger partial charge < -0.3 is 5.32 Å². The van der Waals surface area contributed by atoms with Crippen molar-refractivity contribution >= 4 is 29.2 Å². The number of rotatable bonds is 4. The summed E-state index contributed by atoms with van der Waals surface area (Å²) in [6.07, 6.45) is 5.42. The van der Waals surface area contributed by atoms with Gasteiger partial charge >= 0.3 is 6.03 Å². The Kier molecular flexibility index (Phi) is 4.63. The average Bonchev–Trinajstić information content (AvgIpc) is 2.97. The summed E-state index contributed by atoms with van der Waals surface area (Å²) >= 11 is 1.87. The first-order chi connectivity index (χ1) is 10.8. The number of hydrogen-bond acceptors (Lipinski definition) is 3. The van der Waals surface area contributed by atoms with Crippen LogP contribution in [0.15, 0.2) is 47.6 Å². The van der Waals surface area contributed by atoms with Gasteiger partial charge in [-0.2, -0.15) is 0 Å². The highest BCUT2D eigenvalue weighted by Crippen LogP contribution is 2.32. The number of nitrogens with one attached hydrogen (secondary N) is 1. The third-order valence-electron chi connectivity index (χ3n) is 3.58. The van der Waals surface area contributed by atoms with E-state index in [1.54, 1.807) is 17.3 Å². The van der Waals surface area contributed by atoms with Gasteiger partial charge in [-0.25, -0.2) is 4.79 Å². The number of benzene rings is 1. The van der Waals surface area contributed by atoms with Crippen LogP contribution in [0.25, 0.3) is 0 Å². The number of carbonyl (C=O) groups is 1. The average molecular weight is 313 g/mol. The molecule has 1 N–H and O–H groups in total. The molecule has 0 fully saturated rings. The molecule has 0 radical (unpaired) electrons. The lowest BCUT2D eigenvalue weighted by atomic mass is 10.2. The number of aromatic nitrogens is 1. The third-order valence-corrected chi connectivity index (χ3v) is 4.78. The van der Waals surface area contributed by atoms with E-state index in [1.807, 2.05) is 23.9 Å². The molecule has 0 unspecified atom stereocenters. The first kappa shape index (κ1) is 14.9. The van der Waals surface area contributed by atoms with Crippen molar-refractivity contribution in [3.8, 4) is 0 Å². The van der Waals surface area contributed by atoms with Crippen LogP contribution in [0.5, 0.6) is 0 Å². The van der Waals surface area contributed by atoms with Gasteiger partial charge in [0.25, 0.3) is 0 Å². The summed E-state index contributed by atoms with van der Waals surface area (Å²) in [7, 11) is 0. The summed E-state index contributed by atoms with van der Waals surface area (Å²) < 4.78 is 0. The van der Waals surface area contributed by atoms with Crippen LogP contribution in [0, 0.1) is 0 Å². The first-order valence-electron chi connectivity index (χ1n) is 7.52. The van der Waals surface area contributed by atoms with Gasteiger partial charge in [0.15, 0.2) is 0 Å². The number of carbonyl (C=O) groups excluding carboxylic acids is 1. The maximum Gasteiger partial charge on any atom is 0.326 e. The van der Waals surface area contributed by atoms with E-state index in [2.05, 4.69) is 35.4 Å². The molecule has 1 aromatic carbocycles. The Hall–Kier alpha value is -2.01. The molecular formula is C17H19N3OS. The lowest BCUT2D eigenvalue weighted by molar-refractivity contribution is 0.257. The molecule has 2 heterocycles. The van der Waals surface area contributed by atoms with Crippen LogP contribution in [0.1, 0.15) is 18.9 Å². The van der Waals surface area contributed by atoms with E-state index in [0.717, 1.165) is 30.1 Å². The second kappa shape index (κ2) is 6.83. The summed E-state index contributed by atoms with van der Waals surface area (Å²) in [6.45, 7) is 2.91. The molecule has 0 atom stereocenters. The molecule has 3 rings (SSSR count). The lowest BCUT2D eigenvalue weighted by Crippen LogP contribution is -2.33. The second-order valence-electron chi connectivity index (χ2n) is 5.21. The molecule has 0 spiro atoms. The minimum Gasteiger partial charge on any atom is -0.306 e. The number of hydrogen-bond donors (Lipinski definition) is 1. The standard InChI is InChI=1S/C17H19N3OS/c1-2-10-22-15-5-6-16-13(11-15)7-9-20(16)17(21)19-14-4-3-8-18-12-14/h3-6,8,11-12H,2,7,9-10H2,1H3,(H,19,21). The van der Waals surface area contributed by atoms with Crippen molar-refractivity contribution in [1.29, 1.82) is 0 Å². The smallest absolute Gasteiger partial charge is 0.306 e. The maximum absolute atomic E-state index is 12.4. The van der Waals surface area contributed by atoms with Crippen molar-refractivity contribution in [3.05, 3.63) is 48.3 Å². The fraction of sp³-hybridized carbons (Fsp3) is 0.294. The molecule has 1 aliphatic rings. The van der Waals surface area contributed by atoms with Crippen molar-refractivity contribution in [1.82, 2.24) is 4.98 Å². The molecule has 5 heteroatoms. The molecule has 0 saturated carbocycles. The predicted molar refractivity (Wildman–Crippen MR) is 91.8 cm³/mol. The summed E-state index contributed by atoms with van der Waals surface area (Å²) in [5.41, 5.74) is 2.99. The van der Waals surface area contributed by atoms with E-state index in [1.165, 1.54) is 16.9 Å². The summed E-state index contributed by atoms with van der Waals surface area (Å²) in [5.74, 6) is 1.13. The molecule has 2 aromatic rings. The van der Waals surface area contributed by atoms with Gasteiger partial charge in [-0.1, -0.05) is 6.92 Å². The normalized spacial score (nSPS) is 13.0. The van der Waals surface area contributed by atoms with Crippen LogP contribution in [0.2, 0.25) is 0 Å². The fourth-order valence-corrected chi connectivity index (χ4v) is 3.36. The van der Waals surface area contributed by atoms with Gasteiger partial charge in [-0.3, -0.25) is 9.88 Å². The molecule has 0 aliphatic carbocycles. The number of nitrogens with zero attached hydrogens (tertiary/aromatic N) is 2. The minimum atomic E-state index is -0.0966. The van der Waals surface area contributed by atoms with Crippen molar-refractivity contribution in [3.63, 3.8) is 0 Å². The van der Waals surface area contributed by atoms with Crippen LogP contribution in [-0.2, 0) is 6.42 Å². The number of thioether (sulfide) groups is 1. The zero-order valence-corrected chi connectivity index (χ0v) is 13.4. The Balaban J connectivity index is 1.72. The zero-order chi connectivity index (χ0) is 15.4. The van der Waals surface area contributed by atoms with Gasteiger partial charge in [-0.15, -0.1) is 11.8 Å². The topological polar surface area (TPSA) is 45.2 Å². The minimum absolute atomic E-state index is 0.0966. The van der Waals surface area contributed by atoms with E-state index in [4.69, 9.17) is 0 Å². The molecule has 22 heavy (non-hydrogen) atoms. The van der Waals surface area contributed by atoms with E-state index in [9.17, 15) is 4.79 Å². The van der Waals surface area contributed by atoms with E-state index < -0.39 is 0 Å². The number of anilines is 2. The molecule has 4 nitrogen and oxygen atoms in total. The molecule has 1 aromatic heterocycles. The van der Waals surface area contributed by atoms with Crippen molar-refractivity contribution in [2.24, 2.45) is 0 Å². The molecular weight excluding hydrogens is 294 g/mol. The summed E-state index contributed by atoms with van der Waals surface area (Å²) in [4.78, 5) is 19.5. The summed E-state index contributed by atoms with van der Waals surface area (Å²) in [6, 6.07) is 9.93. The highest BCUT2D eigenvalue weighted by Gasteiger charge is 2.24. The maximum atomic E-state index is 12.4. The Morgan fingerprint density at radius 2 is 2.32 bits per heavy atom. The Morgan fingerprint density at radius 3 is 3.09 bits per heavy atom. The number of pyridine rings is 1. The molecule has 114 valence electrons. The van der Waals surface area contributed by atoms with Crippen molar-refractivity contribution in [2.75, 3.05) is 22.5 Å². The molecule has 2 amide bonds. The van der Waals surface area contributed by atoms with Gasteiger partial charge in [0.2, 0.25) is 0 Å². The highest BCUT2D eigenvalue weighted by molar-refractivity contribution is 7.99. The first-order valence-corrected chi connectivity index (χ1v) is 8.51. The zero-order valence-electron chi connectivity index (χ0n) is 12.6. The van der Waals surface area contributed by atoms with E-state index in [0.29, 0.717) is 0 Å². The Bertz CT molecular complexity index is 660. The van der Waals surface area contributed by atoms with Crippen LogP contribution in [0.4, 0.5) is 16.2 Å². The van der Waals surface area contributed by atoms with E-state index in [-0.39, 0.29) is 6.03 Å². The summed E-state index contributed by atoms with van der Waals surface area (Å²) in [5, 5.41) is 2.89. The number of urea groups is 1.